The molecule has 0 N–H and O–H groups in total. The Balaban J connectivity index is 2.05. The predicted molar refractivity (Wildman–Crippen MR) is 109 cm³/mol. The molecule has 0 unspecified atom stereocenters. The maximum Gasteiger partial charge on any atom is 0.238 e. The number of fused-ring (bicyclic) bond motifs is 1. The van der Waals surface area contributed by atoms with Gasteiger partial charge in [-0.3, -0.25) is 9.59 Å². The molecule has 0 spiro atoms. The molecule has 1 heterocycles. The summed E-state index contributed by atoms with van der Waals surface area (Å²) >= 11 is 0. The number of hydrogen-bond acceptors (Lipinski definition) is 2. The first-order valence-corrected chi connectivity index (χ1v) is 9.73. The van der Waals surface area contributed by atoms with Crippen LogP contribution in [0.2, 0.25) is 0 Å². The summed E-state index contributed by atoms with van der Waals surface area (Å²) in [5.74, 6) is 0.0576. The van der Waals surface area contributed by atoms with Gasteiger partial charge in [-0.25, -0.2) is 0 Å². The molecule has 0 aromatic heterocycles. The molecular weight excluding hydrogens is 336 g/mol. The highest BCUT2D eigenvalue weighted by molar-refractivity contribution is 6.09. The Labute approximate surface area is 161 Å². The van der Waals surface area contributed by atoms with Crippen molar-refractivity contribution in [1.82, 2.24) is 4.90 Å². The van der Waals surface area contributed by atoms with Gasteiger partial charge < -0.3 is 9.80 Å². The third kappa shape index (κ3) is 3.48. The van der Waals surface area contributed by atoms with E-state index >= 15 is 0 Å². The monoisotopic (exact) mass is 364 g/mol. The van der Waals surface area contributed by atoms with E-state index < -0.39 is 5.41 Å². The molecule has 27 heavy (non-hydrogen) atoms. The highest BCUT2D eigenvalue weighted by Gasteiger charge is 2.51. The van der Waals surface area contributed by atoms with E-state index in [1.54, 1.807) is 4.90 Å². The number of hydrogen-bond donors (Lipinski definition) is 0. The minimum atomic E-state index is -0.842. The Bertz CT molecular complexity index is 818. The highest BCUT2D eigenvalue weighted by atomic mass is 16.2. The predicted octanol–water partition coefficient (Wildman–Crippen LogP) is 3.79. The van der Waals surface area contributed by atoms with Gasteiger partial charge in [0.05, 0.1) is 5.41 Å². The van der Waals surface area contributed by atoms with Crippen molar-refractivity contribution < 1.29 is 9.59 Å². The number of carbonyl (C=O) groups excluding carboxylic acids is 2. The van der Waals surface area contributed by atoms with Gasteiger partial charge in [0.1, 0.15) is 0 Å². The van der Waals surface area contributed by atoms with E-state index in [2.05, 4.69) is 6.92 Å². The van der Waals surface area contributed by atoms with Crippen LogP contribution in [-0.4, -0.2) is 36.9 Å². The van der Waals surface area contributed by atoms with Crippen LogP contribution in [0.4, 0.5) is 5.69 Å². The molecule has 4 nitrogen and oxygen atoms in total. The first kappa shape index (κ1) is 19.2. The van der Waals surface area contributed by atoms with Crippen molar-refractivity contribution in [3.8, 4) is 0 Å². The van der Waals surface area contributed by atoms with Gasteiger partial charge >= 0.3 is 0 Å². The molecule has 0 bridgehead atoms. The van der Waals surface area contributed by atoms with Crippen LogP contribution in [0.5, 0.6) is 0 Å². The van der Waals surface area contributed by atoms with Gasteiger partial charge in [-0.1, -0.05) is 55.5 Å². The largest absolute Gasteiger partial charge is 0.343 e. The van der Waals surface area contributed by atoms with Gasteiger partial charge in [-0.15, -0.1) is 0 Å². The third-order valence-electron chi connectivity index (χ3n) is 5.52. The van der Waals surface area contributed by atoms with Gasteiger partial charge in [0.2, 0.25) is 11.8 Å². The van der Waals surface area contributed by atoms with Crippen LogP contribution in [-0.2, 0) is 21.4 Å². The van der Waals surface area contributed by atoms with Crippen LogP contribution >= 0.6 is 0 Å². The van der Waals surface area contributed by atoms with Crippen molar-refractivity contribution in [3.63, 3.8) is 0 Å². The summed E-state index contributed by atoms with van der Waals surface area (Å²) in [6.07, 6.45) is 1.65. The molecule has 0 fully saturated rings. The van der Waals surface area contributed by atoms with E-state index in [0.717, 1.165) is 29.8 Å². The number of benzene rings is 2. The summed E-state index contributed by atoms with van der Waals surface area (Å²) < 4.78 is 0. The van der Waals surface area contributed by atoms with E-state index in [4.69, 9.17) is 0 Å². The van der Waals surface area contributed by atoms with E-state index in [0.29, 0.717) is 13.0 Å². The molecule has 4 heteroatoms. The minimum absolute atomic E-state index is 0.00783. The average molecular weight is 364 g/mol. The van der Waals surface area contributed by atoms with Crippen molar-refractivity contribution in [2.24, 2.45) is 0 Å². The fraction of sp³-hybridized carbons (Fsp3) is 0.391. The number of carbonyl (C=O) groups is 2. The molecule has 0 radical (unpaired) electrons. The fourth-order valence-corrected chi connectivity index (χ4v) is 4.16. The molecule has 1 aliphatic rings. The van der Waals surface area contributed by atoms with Crippen molar-refractivity contribution in [2.75, 3.05) is 25.0 Å². The lowest BCUT2D eigenvalue weighted by Crippen LogP contribution is -2.45. The quantitative estimate of drug-likeness (QED) is 0.750. The van der Waals surface area contributed by atoms with Gasteiger partial charge in [-0.2, -0.15) is 0 Å². The Hall–Kier alpha value is -2.62. The van der Waals surface area contributed by atoms with E-state index in [-0.39, 0.29) is 18.2 Å². The maximum atomic E-state index is 13.4. The van der Waals surface area contributed by atoms with Crippen molar-refractivity contribution >= 4 is 17.5 Å². The summed E-state index contributed by atoms with van der Waals surface area (Å²) in [5, 5.41) is 0. The Morgan fingerprint density at radius 3 is 2.37 bits per heavy atom. The van der Waals surface area contributed by atoms with Gasteiger partial charge in [0.25, 0.3) is 0 Å². The fourth-order valence-electron chi connectivity index (χ4n) is 4.16. The zero-order valence-electron chi connectivity index (χ0n) is 16.4. The Morgan fingerprint density at radius 1 is 1.04 bits per heavy atom. The molecule has 0 saturated carbocycles. The van der Waals surface area contributed by atoms with Crippen molar-refractivity contribution in [1.29, 1.82) is 0 Å². The van der Waals surface area contributed by atoms with Gasteiger partial charge in [-0.05, 0) is 37.0 Å². The molecular formula is C23H28N2O2. The Kier molecular flexibility index (Phi) is 5.64. The lowest BCUT2D eigenvalue weighted by atomic mass is 9.73. The average Bonchev–Trinajstić information content (AvgIpc) is 2.89. The van der Waals surface area contributed by atoms with Crippen LogP contribution in [0.15, 0.2) is 54.6 Å². The molecule has 3 rings (SSSR count). The molecule has 2 amide bonds. The molecule has 2 aromatic rings. The third-order valence-corrected chi connectivity index (χ3v) is 5.52. The Morgan fingerprint density at radius 2 is 1.70 bits per heavy atom. The van der Waals surface area contributed by atoms with Crippen molar-refractivity contribution in [3.05, 3.63) is 65.7 Å². The number of para-hydroxylation sites is 1. The normalized spacial score (nSPS) is 18.5. The van der Waals surface area contributed by atoms with Crippen LogP contribution in [0, 0.1) is 0 Å². The smallest absolute Gasteiger partial charge is 0.238 e. The second-order valence-corrected chi connectivity index (χ2v) is 7.28. The van der Waals surface area contributed by atoms with Gasteiger partial charge in [0.15, 0.2) is 0 Å². The first-order chi connectivity index (χ1) is 13.0. The number of anilines is 1. The lowest BCUT2D eigenvalue weighted by Gasteiger charge is -2.31. The van der Waals surface area contributed by atoms with Crippen LogP contribution in [0.1, 0.15) is 37.8 Å². The molecule has 1 atom stereocenters. The minimum Gasteiger partial charge on any atom is -0.343 e. The summed E-state index contributed by atoms with van der Waals surface area (Å²) in [5.41, 5.74) is 2.10. The summed E-state index contributed by atoms with van der Waals surface area (Å²) in [6, 6.07) is 17.9. The van der Waals surface area contributed by atoms with Crippen LogP contribution < -0.4 is 4.90 Å². The standard InChI is InChI=1S/C23H28N2O2/c1-4-15-25(5-2)21(26)17-23(16-18-11-7-6-8-12-18)19-13-9-10-14-20(19)24(3)22(23)27/h6-14H,4-5,15-17H2,1-3H3/t23-/m1/s1. The van der Waals surface area contributed by atoms with Crippen LogP contribution in [0.3, 0.4) is 0 Å². The SMILES string of the molecule is CCCN(CC)C(=O)C[C@@]1(Cc2ccccc2)C(=O)N(C)c2ccccc21. The molecule has 2 aromatic carbocycles. The van der Waals surface area contributed by atoms with Crippen LogP contribution in [0.25, 0.3) is 0 Å². The summed E-state index contributed by atoms with van der Waals surface area (Å²) in [7, 11) is 1.81. The second kappa shape index (κ2) is 7.95. The number of likely N-dealkylation sites (N-methyl/N-ethyl adjacent to an activating group) is 1. The number of rotatable bonds is 7. The van der Waals surface area contributed by atoms with Gasteiger partial charge in [0, 0.05) is 32.2 Å². The van der Waals surface area contributed by atoms with E-state index in [9.17, 15) is 9.59 Å². The van der Waals surface area contributed by atoms with Crippen molar-refractivity contribution in [2.45, 2.75) is 38.5 Å². The topological polar surface area (TPSA) is 40.6 Å². The molecule has 142 valence electrons. The summed E-state index contributed by atoms with van der Waals surface area (Å²) in [6.45, 7) is 5.45. The second-order valence-electron chi connectivity index (χ2n) is 7.28. The lowest BCUT2D eigenvalue weighted by molar-refractivity contribution is -0.136. The highest BCUT2D eigenvalue weighted by Crippen LogP contribution is 2.45. The zero-order valence-corrected chi connectivity index (χ0v) is 16.4. The van der Waals surface area contributed by atoms with E-state index in [1.807, 2.05) is 73.5 Å². The molecule has 0 saturated heterocycles. The molecule has 0 aliphatic carbocycles. The maximum absolute atomic E-state index is 13.4. The number of nitrogens with zero attached hydrogens (tertiary/aromatic N) is 2. The summed E-state index contributed by atoms with van der Waals surface area (Å²) in [4.78, 5) is 30.2. The first-order valence-electron chi connectivity index (χ1n) is 9.73. The zero-order chi connectivity index (χ0) is 19.4. The van der Waals surface area contributed by atoms with E-state index in [1.165, 1.54) is 0 Å². The number of amides is 2. The molecule has 1 aliphatic heterocycles.